The average Bonchev–Trinajstić information content (AvgIpc) is 2.94. The Morgan fingerprint density at radius 1 is 1.28 bits per heavy atom. The van der Waals surface area contributed by atoms with Gasteiger partial charge in [-0.05, 0) is 25.9 Å². The van der Waals surface area contributed by atoms with E-state index in [1.165, 1.54) is 25.5 Å². The Kier molecular flexibility index (Phi) is 5.45. The highest BCUT2D eigenvalue weighted by atomic mass is 32.2. The van der Waals surface area contributed by atoms with Gasteiger partial charge in [-0.2, -0.15) is 4.31 Å². The van der Waals surface area contributed by atoms with Crippen LogP contribution in [0.15, 0.2) is 12.5 Å². The predicted molar refractivity (Wildman–Crippen MR) is 94.7 cm³/mol. The van der Waals surface area contributed by atoms with E-state index in [2.05, 4.69) is 9.88 Å². The van der Waals surface area contributed by atoms with E-state index in [0.717, 1.165) is 19.6 Å². The van der Waals surface area contributed by atoms with E-state index in [4.69, 9.17) is 0 Å². The molecule has 0 atom stereocenters. The topological polar surface area (TPSA) is 78.8 Å². The van der Waals surface area contributed by atoms with Crippen molar-refractivity contribution >= 4 is 15.9 Å². The second-order valence-electron chi connectivity index (χ2n) is 7.03. The van der Waals surface area contributed by atoms with Crippen LogP contribution in [-0.4, -0.2) is 89.5 Å². The van der Waals surface area contributed by atoms with E-state index in [-0.39, 0.29) is 11.9 Å². The molecule has 1 aromatic rings. The first-order valence-electron chi connectivity index (χ1n) is 8.81. The number of imidazole rings is 1. The lowest BCUT2D eigenvalue weighted by Crippen LogP contribution is -2.63. The molecular formula is C16H27N5O3S. The average molecular weight is 369 g/mol. The number of carbonyl (C=O) groups is 1. The largest absolute Gasteiger partial charge is 0.334 e. The van der Waals surface area contributed by atoms with E-state index in [1.54, 1.807) is 33.3 Å². The molecule has 2 aliphatic heterocycles. The number of hydrogen-bond acceptors (Lipinski definition) is 5. The molecule has 3 heterocycles. The van der Waals surface area contributed by atoms with Crippen LogP contribution >= 0.6 is 0 Å². The monoisotopic (exact) mass is 369 g/mol. The fraction of sp³-hybridized carbons (Fsp3) is 0.750. The number of piperidine rings is 1. The Labute approximate surface area is 149 Å². The van der Waals surface area contributed by atoms with Gasteiger partial charge in [-0.15, -0.1) is 0 Å². The number of aromatic nitrogens is 2. The molecule has 0 aliphatic carbocycles. The molecule has 0 unspecified atom stereocenters. The van der Waals surface area contributed by atoms with Crippen LogP contribution in [0.5, 0.6) is 0 Å². The number of amides is 1. The third-order valence-corrected chi connectivity index (χ3v) is 6.44. The maximum absolute atomic E-state index is 12.4. The van der Waals surface area contributed by atoms with Crippen LogP contribution in [0.2, 0.25) is 0 Å². The van der Waals surface area contributed by atoms with Gasteiger partial charge < -0.3 is 14.4 Å². The molecule has 25 heavy (non-hydrogen) atoms. The Bertz CT molecular complexity index is 705. The molecule has 9 heteroatoms. The molecule has 0 aromatic carbocycles. The lowest BCUT2D eigenvalue weighted by atomic mass is 10.1. The van der Waals surface area contributed by atoms with E-state index >= 15 is 0 Å². The highest BCUT2D eigenvalue weighted by Gasteiger charge is 2.39. The molecular weight excluding hydrogens is 342 g/mol. The minimum absolute atomic E-state index is 0.0965. The highest BCUT2D eigenvalue weighted by molar-refractivity contribution is 7.88. The molecule has 0 N–H and O–H groups in total. The summed E-state index contributed by atoms with van der Waals surface area (Å²) in [5.41, 5.74) is 0.526. The molecule has 3 rings (SSSR count). The number of likely N-dealkylation sites (tertiary alicyclic amines) is 2. The zero-order valence-electron chi connectivity index (χ0n) is 15.0. The Balaban J connectivity index is 1.56. The van der Waals surface area contributed by atoms with Crippen molar-refractivity contribution in [2.45, 2.75) is 25.3 Å². The van der Waals surface area contributed by atoms with Crippen molar-refractivity contribution in [2.75, 3.05) is 45.5 Å². The molecule has 0 bridgehead atoms. The van der Waals surface area contributed by atoms with Gasteiger partial charge >= 0.3 is 0 Å². The quantitative estimate of drug-likeness (QED) is 0.705. The molecule has 0 radical (unpaired) electrons. The maximum Gasteiger partial charge on any atom is 0.272 e. The third-order valence-electron chi connectivity index (χ3n) is 5.10. The predicted octanol–water partition coefficient (Wildman–Crippen LogP) is -0.00800. The molecule has 2 aliphatic rings. The van der Waals surface area contributed by atoms with Crippen molar-refractivity contribution in [3.05, 3.63) is 18.2 Å². The van der Waals surface area contributed by atoms with Crippen LogP contribution in [-0.2, 0) is 17.1 Å². The summed E-state index contributed by atoms with van der Waals surface area (Å²) in [7, 11) is -1.51. The lowest BCUT2D eigenvalue weighted by Gasteiger charge is -2.44. The minimum atomic E-state index is -3.29. The van der Waals surface area contributed by atoms with Crippen molar-refractivity contribution in [1.29, 1.82) is 0 Å². The molecule has 1 amide bonds. The van der Waals surface area contributed by atoms with Crippen LogP contribution in [0.25, 0.3) is 0 Å². The summed E-state index contributed by atoms with van der Waals surface area (Å²) in [5, 5.41) is 0. The zero-order valence-corrected chi connectivity index (χ0v) is 15.8. The summed E-state index contributed by atoms with van der Waals surface area (Å²) >= 11 is 0. The zero-order chi connectivity index (χ0) is 18.0. The number of sulfonamides is 1. The van der Waals surface area contributed by atoms with Gasteiger partial charge in [0.05, 0.1) is 24.8 Å². The van der Waals surface area contributed by atoms with Crippen molar-refractivity contribution in [1.82, 2.24) is 23.7 Å². The summed E-state index contributed by atoms with van der Waals surface area (Å²) in [5.74, 6) is -0.0965. The fourth-order valence-electron chi connectivity index (χ4n) is 3.57. The molecule has 1 aromatic heterocycles. The Morgan fingerprint density at radius 3 is 2.52 bits per heavy atom. The SMILES string of the molecule is Cn1cncc1C(=O)N1CC(N(CCN2CCCCC2)S(C)(=O)=O)C1. The van der Waals surface area contributed by atoms with Crippen LogP contribution in [0, 0.1) is 0 Å². The van der Waals surface area contributed by atoms with Gasteiger partial charge in [0.25, 0.3) is 5.91 Å². The van der Waals surface area contributed by atoms with Crippen LogP contribution < -0.4 is 0 Å². The van der Waals surface area contributed by atoms with Gasteiger partial charge in [-0.25, -0.2) is 13.4 Å². The Hall–Kier alpha value is -1.45. The summed E-state index contributed by atoms with van der Waals surface area (Å²) < 4.78 is 27.6. The van der Waals surface area contributed by atoms with E-state index in [1.807, 2.05) is 0 Å². The van der Waals surface area contributed by atoms with Gasteiger partial charge in [-0.1, -0.05) is 6.42 Å². The smallest absolute Gasteiger partial charge is 0.272 e. The van der Waals surface area contributed by atoms with Gasteiger partial charge in [-0.3, -0.25) is 4.79 Å². The lowest BCUT2D eigenvalue weighted by molar-refractivity contribution is 0.0428. The van der Waals surface area contributed by atoms with E-state index in [9.17, 15) is 13.2 Å². The Morgan fingerprint density at radius 2 is 1.96 bits per heavy atom. The standard InChI is InChI=1S/C16H27N5O3S/c1-18-13-17-10-15(18)16(22)20-11-14(12-20)21(25(2,23)24)9-8-19-6-4-3-5-7-19/h10,13-14H,3-9,11-12H2,1-2H3. The first-order chi connectivity index (χ1) is 11.9. The molecule has 2 fully saturated rings. The van der Waals surface area contributed by atoms with Gasteiger partial charge in [0.15, 0.2) is 0 Å². The van der Waals surface area contributed by atoms with E-state index < -0.39 is 10.0 Å². The van der Waals surface area contributed by atoms with Crippen LogP contribution in [0.1, 0.15) is 29.8 Å². The van der Waals surface area contributed by atoms with Crippen molar-refractivity contribution in [3.63, 3.8) is 0 Å². The molecule has 0 saturated carbocycles. The first-order valence-corrected chi connectivity index (χ1v) is 10.7. The number of aryl methyl sites for hydroxylation is 1. The van der Waals surface area contributed by atoms with Crippen molar-refractivity contribution < 1.29 is 13.2 Å². The molecule has 140 valence electrons. The number of nitrogens with zero attached hydrogens (tertiary/aromatic N) is 5. The highest BCUT2D eigenvalue weighted by Crippen LogP contribution is 2.20. The van der Waals surface area contributed by atoms with Crippen molar-refractivity contribution in [3.8, 4) is 0 Å². The van der Waals surface area contributed by atoms with Crippen LogP contribution in [0.3, 0.4) is 0 Å². The van der Waals surface area contributed by atoms with Gasteiger partial charge in [0.1, 0.15) is 5.69 Å². The molecule has 8 nitrogen and oxygen atoms in total. The molecule has 2 saturated heterocycles. The number of rotatable bonds is 6. The second-order valence-corrected chi connectivity index (χ2v) is 8.96. The fourth-order valence-corrected chi connectivity index (χ4v) is 4.66. The summed E-state index contributed by atoms with van der Waals surface area (Å²) in [6.45, 7) is 4.24. The second kappa shape index (κ2) is 7.43. The normalized spacial score (nSPS) is 20.0. The van der Waals surface area contributed by atoms with E-state index in [0.29, 0.717) is 25.3 Å². The van der Waals surface area contributed by atoms with Crippen LogP contribution in [0.4, 0.5) is 0 Å². The summed E-state index contributed by atoms with van der Waals surface area (Å²) in [4.78, 5) is 20.4. The number of carbonyl (C=O) groups excluding carboxylic acids is 1. The van der Waals surface area contributed by atoms with Gasteiger partial charge in [0, 0.05) is 33.2 Å². The minimum Gasteiger partial charge on any atom is -0.334 e. The third kappa shape index (κ3) is 4.21. The first kappa shape index (κ1) is 18.3. The number of hydrogen-bond donors (Lipinski definition) is 0. The summed E-state index contributed by atoms with van der Waals surface area (Å²) in [6.07, 6.45) is 8.03. The van der Waals surface area contributed by atoms with Gasteiger partial charge in [0.2, 0.25) is 10.0 Å². The van der Waals surface area contributed by atoms with Crippen molar-refractivity contribution in [2.24, 2.45) is 7.05 Å². The summed E-state index contributed by atoms with van der Waals surface area (Å²) in [6, 6.07) is -0.128. The molecule has 0 spiro atoms. The maximum atomic E-state index is 12.4.